The maximum atomic E-state index is 11.4. The van der Waals surface area contributed by atoms with Gasteiger partial charge in [-0.1, -0.05) is 6.92 Å². The van der Waals surface area contributed by atoms with E-state index >= 15 is 0 Å². The molecule has 0 aliphatic carbocycles. The number of rotatable bonds is 4. The van der Waals surface area contributed by atoms with Gasteiger partial charge in [0, 0.05) is 45.0 Å². The Hall–Kier alpha value is -0.900. The van der Waals surface area contributed by atoms with Crippen molar-refractivity contribution in [2.75, 3.05) is 32.7 Å². The van der Waals surface area contributed by atoms with E-state index in [2.05, 4.69) is 34.4 Å². The third kappa shape index (κ3) is 5.91. The standard InChI is InChI=1S/C15H25N5OS.HI/c1-4-14-18-13(11-22-14)10-17-15(16-5-2)20-8-6-19(7-9-20)12(3)21;/h11H,4-10H2,1-3H3,(H,16,17);1H. The first-order valence-corrected chi connectivity index (χ1v) is 8.74. The number of amides is 1. The summed E-state index contributed by atoms with van der Waals surface area (Å²) in [6, 6.07) is 0. The van der Waals surface area contributed by atoms with E-state index in [1.165, 1.54) is 0 Å². The Balaban J connectivity index is 0.00000264. The maximum absolute atomic E-state index is 11.4. The molecule has 1 aromatic heterocycles. The molecule has 0 atom stereocenters. The molecular formula is C15H26IN5OS. The number of thiazole rings is 1. The molecule has 1 N–H and O–H groups in total. The lowest BCUT2D eigenvalue weighted by atomic mass is 10.3. The van der Waals surface area contributed by atoms with Crippen molar-refractivity contribution in [2.24, 2.45) is 4.99 Å². The minimum absolute atomic E-state index is 0. The quantitative estimate of drug-likeness (QED) is 0.432. The molecule has 0 aromatic carbocycles. The molecule has 23 heavy (non-hydrogen) atoms. The lowest BCUT2D eigenvalue weighted by Gasteiger charge is -2.36. The number of nitrogens with zero attached hydrogens (tertiary/aromatic N) is 4. The molecular weight excluding hydrogens is 425 g/mol. The number of aromatic nitrogens is 1. The summed E-state index contributed by atoms with van der Waals surface area (Å²) in [5.41, 5.74) is 1.03. The van der Waals surface area contributed by atoms with Crippen molar-refractivity contribution >= 4 is 47.2 Å². The highest BCUT2D eigenvalue weighted by Gasteiger charge is 2.20. The molecule has 1 aliphatic rings. The van der Waals surface area contributed by atoms with Gasteiger partial charge in [-0.15, -0.1) is 35.3 Å². The molecule has 1 saturated heterocycles. The van der Waals surface area contributed by atoms with Crippen LogP contribution in [-0.4, -0.2) is 59.4 Å². The largest absolute Gasteiger partial charge is 0.357 e. The fourth-order valence-electron chi connectivity index (χ4n) is 2.40. The summed E-state index contributed by atoms with van der Waals surface area (Å²) in [5, 5.41) is 6.58. The highest BCUT2D eigenvalue weighted by atomic mass is 127. The summed E-state index contributed by atoms with van der Waals surface area (Å²) in [6.07, 6.45) is 0.974. The average Bonchev–Trinajstić information content (AvgIpc) is 2.99. The van der Waals surface area contributed by atoms with E-state index < -0.39 is 0 Å². The normalized spacial score (nSPS) is 15.3. The van der Waals surface area contributed by atoms with Gasteiger partial charge in [-0.25, -0.2) is 9.98 Å². The Morgan fingerprint density at radius 3 is 2.48 bits per heavy atom. The number of hydrogen-bond donors (Lipinski definition) is 1. The van der Waals surface area contributed by atoms with Crippen molar-refractivity contribution in [3.05, 3.63) is 16.1 Å². The molecule has 1 aromatic rings. The van der Waals surface area contributed by atoms with Crippen molar-refractivity contribution in [2.45, 2.75) is 33.7 Å². The Morgan fingerprint density at radius 1 is 1.30 bits per heavy atom. The van der Waals surface area contributed by atoms with Crippen LogP contribution in [0.1, 0.15) is 31.5 Å². The third-order valence-corrected chi connectivity index (χ3v) is 4.69. The molecule has 1 amide bonds. The van der Waals surface area contributed by atoms with Crippen molar-refractivity contribution < 1.29 is 4.79 Å². The van der Waals surface area contributed by atoms with Gasteiger partial charge in [-0.2, -0.15) is 0 Å². The second-order valence-corrected chi connectivity index (χ2v) is 6.19. The molecule has 6 nitrogen and oxygen atoms in total. The van der Waals surface area contributed by atoms with Gasteiger partial charge < -0.3 is 15.1 Å². The van der Waals surface area contributed by atoms with E-state index in [1.54, 1.807) is 18.3 Å². The highest BCUT2D eigenvalue weighted by molar-refractivity contribution is 14.0. The van der Waals surface area contributed by atoms with Crippen LogP contribution < -0.4 is 5.32 Å². The van der Waals surface area contributed by atoms with Crippen molar-refractivity contribution in [1.29, 1.82) is 0 Å². The summed E-state index contributed by atoms with van der Waals surface area (Å²) in [5.74, 6) is 1.06. The van der Waals surface area contributed by atoms with Crippen LogP contribution in [0.4, 0.5) is 0 Å². The van der Waals surface area contributed by atoms with Gasteiger partial charge >= 0.3 is 0 Å². The molecule has 0 saturated carbocycles. The third-order valence-electron chi connectivity index (χ3n) is 3.65. The topological polar surface area (TPSA) is 60.8 Å². The fraction of sp³-hybridized carbons (Fsp3) is 0.667. The van der Waals surface area contributed by atoms with Crippen LogP contribution in [0.25, 0.3) is 0 Å². The van der Waals surface area contributed by atoms with Gasteiger partial charge in [0.2, 0.25) is 5.91 Å². The lowest BCUT2D eigenvalue weighted by molar-refractivity contribution is -0.130. The molecule has 1 aliphatic heterocycles. The van der Waals surface area contributed by atoms with E-state index in [-0.39, 0.29) is 29.9 Å². The second-order valence-electron chi connectivity index (χ2n) is 5.25. The molecule has 0 bridgehead atoms. The monoisotopic (exact) mass is 451 g/mol. The Labute approximate surface area is 159 Å². The van der Waals surface area contributed by atoms with Crippen molar-refractivity contribution in [1.82, 2.24) is 20.1 Å². The number of hydrogen-bond acceptors (Lipinski definition) is 4. The molecule has 1 fully saturated rings. The predicted octanol–water partition coefficient (Wildman–Crippen LogP) is 1.95. The average molecular weight is 451 g/mol. The summed E-state index contributed by atoms with van der Waals surface area (Å²) < 4.78 is 0. The van der Waals surface area contributed by atoms with Gasteiger partial charge in [-0.05, 0) is 13.3 Å². The molecule has 0 spiro atoms. The van der Waals surface area contributed by atoms with E-state index in [0.717, 1.165) is 55.8 Å². The smallest absolute Gasteiger partial charge is 0.219 e. The van der Waals surface area contributed by atoms with Crippen LogP contribution in [0.15, 0.2) is 10.4 Å². The van der Waals surface area contributed by atoms with Gasteiger partial charge in [0.25, 0.3) is 0 Å². The number of guanidine groups is 1. The molecule has 2 heterocycles. The molecule has 0 unspecified atom stereocenters. The van der Waals surface area contributed by atoms with Crippen LogP contribution >= 0.6 is 35.3 Å². The zero-order valence-corrected chi connectivity index (χ0v) is 17.2. The number of carbonyl (C=O) groups is 1. The SMILES string of the molecule is CCNC(=NCc1csc(CC)n1)N1CCN(C(C)=O)CC1.I. The molecule has 130 valence electrons. The Bertz CT molecular complexity index is 526. The van der Waals surface area contributed by atoms with Crippen LogP contribution in [0.5, 0.6) is 0 Å². The van der Waals surface area contributed by atoms with Crippen LogP contribution in [0, 0.1) is 0 Å². The maximum Gasteiger partial charge on any atom is 0.219 e. The molecule has 0 radical (unpaired) electrons. The lowest BCUT2D eigenvalue weighted by Crippen LogP contribution is -2.53. The van der Waals surface area contributed by atoms with Crippen LogP contribution in [-0.2, 0) is 17.8 Å². The number of piperazine rings is 1. The van der Waals surface area contributed by atoms with Gasteiger partial charge in [0.15, 0.2) is 5.96 Å². The first-order valence-electron chi connectivity index (χ1n) is 7.86. The van der Waals surface area contributed by atoms with Gasteiger partial charge in [-0.3, -0.25) is 4.79 Å². The first-order chi connectivity index (χ1) is 10.6. The van der Waals surface area contributed by atoms with Gasteiger partial charge in [0.1, 0.15) is 0 Å². The molecule has 8 heteroatoms. The van der Waals surface area contributed by atoms with Crippen molar-refractivity contribution in [3.8, 4) is 0 Å². The van der Waals surface area contributed by atoms with E-state index in [1.807, 2.05) is 4.90 Å². The number of aliphatic imine (C=N–C) groups is 1. The summed E-state index contributed by atoms with van der Waals surface area (Å²) in [7, 11) is 0. The van der Waals surface area contributed by atoms with Crippen LogP contribution in [0.3, 0.4) is 0 Å². The van der Waals surface area contributed by atoms with E-state index in [4.69, 9.17) is 4.99 Å². The van der Waals surface area contributed by atoms with E-state index in [0.29, 0.717) is 6.54 Å². The zero-order valence-electron chi connectivity index (χ0n) is 14.0. The number of halogens is 1. The summed E-state index contributed by atoms with van der Waals surface area (Å²) in [4.78, 5) is 24.7. The summed E-state index contributed by atoms with van der Waals surface area (Å²) >= 11 is 1.70. The minimum Gasteiger partial charge on any atom is -0.357 e. The Kier molecular flexibility index (Phi) is 8.82. The predicted molar refractivity (Wildman–Crippen MR) is 106 cm³/mol. The van der Waals surface area contributed by atoms with E-state index in [9.17, 15) is 4.79 Å². The van der Waals surface area contributed by atoms with Gasteiger partial charge in [0.05, 0.1) is 17.2 Å². The zero-order chi connectivity index (χ0) is 15.9. The highest BCUT2D eigenvalue weighted by Crippen LogP contribution is 2.11. The number of nitrogens with one attached hydrogen (secondary N) is 1. The Morgan fingerprint density at radius 2 is 1.96 bits per heavy atom. The van der Waals surface area contributed by atoms with Crippen LogP contribution in [0.2, 0.25) is 0 Å². The minimum atomic E-state index is 0. The number of aryl methyl sites for hydroxylation is 1. The summed E-state index contributed by atoms with van der Waals surface area (Å²) in [6.45, 7) is 10.4. The number of carbonyl (C=O) groups excluding carboxylic acids is 1. The van der Waals surface area contributed by atoms with Crippen molar-refractivity contribution in [3.63, 3.8) is 0 Å². The second kappa shape index (κ2) is 10.1. The fourth-order valence-corrected chi connectivity index (χ4v) is 3.13. The first kappa shape index (κ1) is 20.1. The molecule has 2 rings (SSSR count).